The van der Waals surface area contributed by atoms with Gasteiger partial charge in [0.25, 0.3) is 0 Å². The Morgan fingerprint density at radius 2 is 1.79 bits per heavy atom. The Kier molecular flexibility index (Phi) is 6.88. The lowest BCUT2D eigenvalue weighted by atomic mass is 9.77. The molecular formula is C20H38O3Si. The third-order valence-corrected chi connectivity index (χ3v) is 12.8. The largest absolute Gasteiger partial charge is 0.462 e. The van der Waals surface area contributed by atoms with E-state index in [9.17, 15) is 9.59 Å². The summed E-state index contributed by atoms with van der Waals surface area (Å²) in [7, 11) is -1.79. The van der Waals surface area contributed by atoms with Crippen LogP contribution in [0.5, 0.6) is 0 Å². The second kappa shape index (κ2) is 7.71. The molecule has 140 valence electrons. The van der Waals surface area contributed by atoms with Gasteiger partial charge in [-0.2, -0.15) is 0 Å². The molecule has 0 saturated carbocycles. The molecule has 0 aliphatic carbocycles. The van der Waals surface area contributed by atoms with Crippen LogP contribution in [0.15, 0.2) is 0 Å². The Bertz CT molecular complexity index is 462. The van der Waals surface area contributed by atoms with Crippen LogP contribution in [-0.2, 0) is 14.3 Å². The fourth-order valence-electron chi connectivity index (χ4n) is 4.16. The van der Waals surface area contributed by atoms with Crippen LogP contribution in [0.2, 0.25) is 23.7 Å². The van der Waals surface area contributed by atoms with Gasteiger partial charge in [-0.15, -0.1) is 0 Å². The van der Waals surface area contributed by atoms with E-state index < -0.39 is 14.0 Å². The van der Waals surface area contributed by atoms with Crippen molar-refractivity contribution in [1.29, 1.82) is 0 Å². The molecule has 4 atom stereocenters. The summed E-state index contributed by atoms with van der Waals surface area (Å²) in [6.45, 7) is 19.8. The maximum absolute atomic E-state index is 12.6. The van der Waals surface area contributed by atoms with E-state index in [0.717, 1.165) is 19.3 Å². The molecule has 0 bridgehead atoms. The Hall–Kier alpha value is -0.643. The molecule has 0 aromatic carbocycles. The van der Waals surface area contributed by atoms with Crippen molar-refractivity contribution < 1.29 is 14.3 Å². The number of unbranched alkanes of at least 4 members (excludes halogenated alkanes) is 1. The number of ketones is 1. The highest BCUT2D eigenvalue weighted by Crippen LogP contribution is 2.55. The van der Waals surface area contributed by atoms with Crippen molar-refractivity contribution in [3.05, 3.63) is 0 Å². The lowest BCUT2D eigenvalue weighted by molar-refractivity contribution is -0.170. The quantitative estimate of drug-likeness (QED) is 0.361. The van der Waals surface area contributed by atoms with Gasteiger partial charge in [0.2, 0.25) is 0 Å². The second-order valence-electron chi connectivity index (χ2n) is 9.54. The Morgan fingerprint density at radius 1 is 1.25 bits per heavy atom. The molecular weight excluding hydrogens is 316 g/mol. The van der Waals surface area contributed by atoms with E-state index >= 15 is 0 Å². The zero-order valence-electron chi connectivity index (χ0n) is 17.2. The number of carbonyl (C=O) groups is 2. The zero-order chi connectivity index (χ0) is 18.9. The van der Waals surface area contributed by atoms with E-state index in [1.54, 1.807) is 6.92 Å². The molecule has 0 aromatic rings. The zero-order valence-corrected chi connectivity index (χ0v) is 18.2. The number of hydrogen-bond donors (Lipinski definition) is 0. The van der Waals surface area contributed by atoms with Gasteiger partial charge in [-0.25, -0.2) is 0 Å². The van der Waals surface area contributed by atoms with Crippen LogP contribution >= 0.6 is 0 Å². The molecule has 24 heavy (non-hydrogen) atoms. The van der Waals surface area contributed by atoms with E-state index in [1.165, 1.54) is 0 Å². The van der Waals surface area contributed by atoms with E-state index in [4.69, 9.17) is 4.74 Å². The smallest absolute Gasteiger partial charge is 0.317 e. The minimum Gasteiger partial charge on any atom is -0.462 e. The van der Waals surface area contributed by atoms with Gasteiger partial charge in [0.05, 0.1) is 8.07 Å². The van der Waals surface area contributed by atoms with Crippen LogP contribution in [0.4, 0.5) is 0 Å². The van der Waals surface area contributed by atoms with Gasteiger partial charge in [-0.3, -0.25) is 9.59 Å². The first kappa shape index (κ1) is 21.4. The number of cyclic esters (lactones) is 1. The molecule has 1 heterocycles. The minimum absolute atomic E-state index is 0.0213. The van der Waals surface area contributed by atoms with Gasteiger partial charge < -0.3 is 4.74 Å². The van der Waals surface area contributed by atoms with Crippen molar-refractivity contribution in [3.8, 4) is 0 Å². The molecule has 3 nitrogen and oxygen atoms in total. The van der Waals surface area contributed by atoms with Crippen LogP contribution in [0.25, 0.3) is 0 Å². The first-order chi connectivity index (χ1) is 10.9. The molecule has 1 aliphatic heterocycles. The van der Waals surface area contributed by atoms with Crippen molar-refractivity contribution in [3.63, 3.8) is 0 Å². The summed E-state index contributed by atoms with van der Waals surface area (Å²) in [5, 5.41) is 0.195. The molecule has 0 aromatic heterocycles. The first-order valence-electron chi connectivity index (χ1n) is 9.57. The predicted molar refractivity (Wildman–Crippen MR) is 103 cm³/mol. The summed E-state index contributed by atoms with van der Waals surface area (Å²) >= 11 is 0. The molecule has 1 fully saturated rings. The number of rotatable bonds is 6. The van der Waals surface area contributed by atoms with Crippen molar-refractivity contribution in [2.45, 2.75) is 97.5 Å². The lowest BCUT2D eigenvalue weighted by Gasteiger charge is -2.53. The normalized spacial score (nSPS) is 28.8. The van der Waals surface area contributed by atoms with Crippen LogP contribution < -0.4 is 0 Å². The molecule has 0 radical (unpaired) electrons. The SMILES string of the molecule is CCCC[C@@H]1[C@@H](C(C)=O)C(=O)O[C@H](C(C)C)[C@H]1[Si](C)(C)C(C)(C)C. The van der Waals surface area contributed by atoms with Gasteiger partial charge >= 0.3 is 5.97 Å². The number of Topliss-reactive ketones (excluding diaryl/α,β-unsaturated/α-hetero) is 1. The topological polar surface area (TPSA) is 43.4 Å². The number of ether oxygens (including phenoxy) is 1. The maximum atomic E-state index is 12.6. The van der Waals surface area contributed by atoms with Crippen LogP contribution in [-0.4, -0.2) is 25.9 Å². The van der Waals surface area contributed by atoms with Gasteiger partial charge in [-0.05, 0) is 35.8 Å². The average Bonchev–Trinajstić information content (AvgIpc) is 2.41. The van der Waals surface area contributed by atoms with Gasteiger partial charge in [0.1, 0.15) is 17.8 Å². The highest BCUT2D eigenvalue weighted by atomic mass is 28.3. The third kappa shape index (κ3) is 4.12. The first-order valence-corrected chi connectivity index (χ1v) is 12.6. The van der Waals surface area contributed by atoms with Crippen molar-refractivity contribution in [2.24, 2.45) is 17.8 Å². The van der Waals surface area contributed by atoms with Crippen molar-refractivity contribution in [1.82, 2.24) is 0 Å². The monoisotopic (exact) mass is 354 g/mol. The standard InChI is InChI=1S/C20H38O3Si/c1-10-11-12-15-16(14(4)21)19(22)23-17(13(2)3)18(15)24(8,9)20(5,6)7/h13,15-18H,10-12H2,1-9H3/t15-,16-,17-,18+/m1/s1. The summed E-state index contributed by atoms with van der Waals surface area (Å²) in [6.07, 6.45) is 3.05. The average molecular weight is 355 g/mol. The Morgan fingerprint density at radius 3 is 2.17 bits per heavy atom. The molecule has 0 spiro atoms. The van der Waals surface area contributed by atoms with Crippen LogP contribution in [0, 0.1) is 17.8 Å². The molecule has 0 N–H and O–H groups in total. The molecule has 4 heteroatoms. The molecule has 0 amide bonds. The molecule has 1 rings (SSSR count). The van der Waals surface area contributed by atoms with Gasteiger partial charge in [-0.1, -0.05) is 67.5 Å². The number of esters is 1. The molecule has 1 saturated heterocycles. The van der Waals surface area contributed by atoms with Crippen LogP contribution in [0.1, 0.15) is 67.7 Å². The third-order valence-electron chi connectivity index (χ3n) is 6.50. The Labute approximate surface area is 149 Å². The highest BCUT2D eigenvalue weighted by Gasteiger charge is 2.57. The number of carbonyl (C=O) groups excluding carboxylic acids is 2. The lowest BCUT2D eigenvalue weighted by Crippen LogP contribution is -2.58. The molecule has 1 aliphatic rings. The van der Waals surface area contributed by atoms with E-state index in [0.29, 0.717) is 5.54 Å². The summed E-state index contributed by atoms with van der Waals surface area (Å²) in [6, 6.07) is 0. The molecule has 0 unspecified atom stereocenters. The maximum Gasteiger partial charge on any atom is 0.317 e. The van der Waals surface area contributed by atoms with E-state index in [2.05, 4.69) is 54.6 Å². The van der Waals surface area contributed by atoms with E-state index in [1.807, 2.05) is 0 Å². The van der Waals surface area contributed by atoms with Gasteiger partial charge in [0, 0.05) is 0 Å². The predicted octanol–water partition coefficient (Wildman–Crippen LogP) is 5.46. The summed E-state index contributed by atoms with van der Waals surface area (Å²) < 4.78 is 5.90. The Balaban J connectivity index is 3.44. The van der Waals surface area contributed by atoms with E-state index in [-0.39, 0.29) is 34.7 Å². The fourth-order valence-corrected chi connectivity index (χ4v) is 7.86. The fraction of sp³-hybridized carbons (Fsp3) is 0.900. The van der Waals surface area contributed by atoms with Crippen LogP contribution in [0.3, 0.4) is 0 Å². The van der Waals surface area contributed by atoms with Crippen molar-refractivity contribution in [2.75, 3.05) is 0 Å². The summed E-state index contributed by atoms with van der Waals surface area (Å²) in [4.78, 5) is 24.9. The van der Waals surface area contributed by atoms with Gasteiger partial charge in [0.15, 0.2) is 0 Å². The minimum atomic E-state index is -1.79. The number of hydrogen-bond acceptors (Lipinski definition) is 3. The second-order valence-corrected chi connectivity index (χ2v) is 15.1. The summed E-state index contributed by atoms with van der Waals surface area (Å²) in [5.74, 6) is -0.447. The highest BCUT2D eigenvalue weighted by molar-refractivity contribution is 6.81. The summed E-state index contributed by atoms with van der Waals surface area (Å²) in [5.41, 5.74) is 0.329. The van der Waals surface area contributed by atoms with Crippen molar-refractivity contribution >= 4 is 19.8 Å².